The lowest BCUT2D eigenvalue weighted by Crippen LogP contribution is -2.25. The van der Waals surface area contributed by atoms with Gasteiger partial charge in [0.2, 0.25) is 0 Å². The van der Waals surface area contributed by atoms with Gasteiger partial charge in [-0.25, -0.2) is 0 Å². The molecule has 0 aromatic rings. The SMILES string of the molecule is CC#CCCC(CCCOC)NC. The molecule has 0 aromatic heterocycles. The summed E-state index contributed by atoms with van der Waals surface area (Å²) >= 11 is 0. The van der Waals surface area contributed by atoms with Gasteiger partial charge in [-0.1, -0.05) is 0 Å². The van der Waals surface area contributed by atoms with Crippen molar-refractivity contribution >= 4 is 0 Å². The highest BCUT2D eigenvalue weighted by molar-refractivity contribution is 4.95. The summed E-state index contributed by atoms with van der Waals surface area (Å²) < 4.78 is 5.01. The first-order valence-electron chi connectivity index (χ1n) is 4.91. The average Bonchev–Trinajstić information content (AvgIpc) is 2.16. The number of rotatable bonds is 7. The fourth-order valence-corrected chi connectivity index (χ4v) is 1.28. The Bertz CT molecular complexity index is 157. The van der Waals surface area contributed by atoms with Crippen LogP contribution in [0.2, 0.25) is 0 Å². The summed E-state index contributed by atoms with van der Waals surface area (Å²) in [6.07, 6.45) is 4.44. The van der Waals surface area contributed by atoms with E-state index in [4.69, 9.17) is 4.74 Å². The first kappa shape index (κ1) is 12.5. The zero-order valence-corrected chi connectivity index (χ0v) is 9.02. The van der Waals surface area contributed by atoms with Crippen molar-refractivity contribution in [1.82, 2.24) is 5.32 Å². The molecule has 1 N–H and O–H groups in total. The van der Waals surface area contributed by atoms with Crippen LogP contribution in [0.3, 0.4) is 0 Å². The van der Waals surface area contributed by atoms with Crippen LogP contribution in [0.25, 0.3) is 0 Å². The van der Waals surface area contributed by atoms with Crippen LogP contribution in [-0.2, 0) is 4.74 Å². The topological polar surface area (TPSA) is 21.3 Å². The van der Waals surface area contributed by atoms with Crippen molar-refractivity contribution in [3.8, 4) is 11.8 Å². The summed E-state index contributed by atoms with van der Waals surface area (Å²) in [7, 11) is 3.76. The molecule has 0 radical (unpaired) electrons. The number of ether oxygens (including phenoxy) is 1. The smallest absolute Gasteiger partial charge is 0.0462 e. The highest BCUT2D eigenvalue weighted by Gasteiger charge is 2.03. The normalized spacial score (nSPS) is 11.9. The second-order valence-electron chi connectivity index (χ2n) is 3.09. The van der Waals surface area contributed by atoms with Crippen LogP contribution in [0.15, 0.2) is 0 Å². The van der Waals surface area contributed by atoms with Gasteiger partial charge >= 0.3 is 0 Å². The molecule has 0 amide bonds. The quantitative estimate of drug-likeness (QED) is 0.480. The Balaban J connectivity index is 3.43. The molecule has 76 valence electrons. The predicted octanol–water partition coefficient (Wildman–Crippen LogP) is 1.80. The van der Waals surface area contributed by atoms with E-state index in [1.807, 2.05) is 14.0 Å². The Morgan fingerprint density at radius 2 is 2.15 bits per heavy atom. The molecule has 0 heterocycles. The number of methoxy groups -OCH3 is 1. The minimum Gasteiger partial charge on any atom is -0.385 e. The maximum Gasteiger partial charge on any atom is 0.0462 e. The summed E-state index contributed by atoms with van der Waals surface area (Å²) in [6.45, 7) is 2.75. The fraction of sp³-hybridized carbons (Fsp3) is 0.818. The summed E-state index contributed by atoms with van der Waals surface area (Å²) in [5.41, 5.74) is 0. The van der Waals surface area contributed by atoms with Crippen molar-refractivity contribution in [3.63, 3.8) is 0 Å². The molecule has 0 spiro atoms. The maximum atomic E-state index is 5.01. The van der Waals surface area contributed by atoms with Crippen LogP contribution >= 0.6 is 0 Å². The van der Waals surface area contributed by atoms with E-state index in [1.165, 1.54) is 6.42 Å². The minimum atomic E-state index is 0.594. The predicted molar refractivity (Wildman–Crippen MR) is 56.6 cm³/mol. The van der Waals surface area contributed by atoms with Crippen LogP contribution in [0.5, 0.6) is 0 Å². The molecule has 0 saturated heterocycles. The molecule has 2 nitrogen and oxygen atoms in total. The first-order chi connectivity index (χ1) is 6.35. The molecule has 1 atom stereocenters. The fourth-order valence-electron chi connectivity index (χ4n) is 1.28. The third-order valence-corrected chi connectivity index (χ3v) is 2.10. The standard InChI is InChI=1S/C11H21NO/c1-4-5-6-8-11(12-2)9-7-10-13-3/h11-12H,6-10H2,1-3H3. The van der Waals surface area contributed by atoms with Crippen LogP contribution in [0, 0.1) is 11.8 Å². The summed E-state index contributed by atoms with van der Waals surface area (Å²) in [4.78, 5) is 0. The van der Waals surface area contributed by atoms with Gasteiger partial charge in [0.15, 0.2) is 0 Å². The maximum absolute atomic E-state index is 5.01. The van der Waals surface area contributed by atoms with Crippen molar-refractivity contribution in [2.75, 3.05) is 20.8 Å². The number of nitrogens with one attached hydrogen (secondary N) is 1. The lowest BCUT2D eigenvalue weighted by Gasteiger charge is -2.13. The van der Waals surface area contributed by atoms with Gasteiger partial charge in [-0.15, -0.1) is 11.8 Å². The van der Waals surface area contributed by atoms with Crippen LogP contribution in [0.1, 0.15) is 32.6 Å². The lowest BCUT2D eigenvalue weighted by atomic mass is 10.1. The number of hydrogen-bond donors (Lipinski definition) is 1. The Hall–Kier alpha value is -0.520. The van der Waals surface area contributed by atoms with Gasteiger partial charge < -0.3 is 10.1 Å². The molecule has 0 aliphatic carbocycles. The third-order valence-electron chi connectivity index (χ3n) is 2.10. The van der Waals surface area contributed by atoms with E-state index in [0.717, 1.165) is 25.9 Å². The van der Waals surface area contributed by atoms with Crippen LogP contribution in [-0.4, -0.2) is 26.8 Å². The minimum absolute atomic E-state index is 0.594. The van der Waals surface area contributed by atoms with Gasteiger partial charge in [-0.2, -0.15) is 0 Å². The molecule has 0 aliphatic heterocycles. The van der Waals surface area contributed by atoms with E-state index in [0.29, 0.717) is 6.04 Å². The van der Waals surface area contributed by atoms with Crippen molar-refractivity contribution in [3.05, 3.63) is 0 Å². The Kier molecular flexibility index (Phi) is 9.18. The molecular formula is C11H21NO. The Labute approximate surface area is 82.1 Å². The summed E-state index contributed by atoms with van der Waals surface area (Å²) in [6, 6.07) is 0.594. The van der Waals surface area contributed by atoms with Crippen molar-refractivity contribution in [2.24, 2.45) is 0 Å². The van der Waals surface area contributed by atoms with Gasteiger partial charge in [0, 0.05) is 26.2 Å². The van der Waals surface area contributed by atoms with Gasteiger partial charge in [0.1, 0.15) is 0 Å². The van der Waals surface area contributed by atoms with Gasteiger partial charge in [-0.05, 0) is 33.2 Å². The van der Waals surface area contributed by atoms with Gasteiger partial charge in [-0.3, -0.25) is 0 Å². The zero-order chi connectivity index (χ0) is 9.94. The summed E-state index contributed by atoms with van der Waals surface area (Å²) in [5.74, 6) is 5.99. The first-order valence-corrected chi connectivity index (χ1v) is 4.91. The van der Waals surface area contributed by atoms with E-state index in [2.05, 4.69) is 17.2 Å². The highest BCUT2D eigenvalue weighted by atomic mass is 16.5. The monoisotopic (exact) mass is 183 g/mol. The summed E-state index contributed by atoms with van der Waals surface area (Å²) in [5, 5.41) is 3.30. The average molecular weight is 183 g/mol. The van der Waals surface area contributed by atoms with E-state index < -0.39 is 0 Å². The molecular weight excluding hydrogens is 162 g/mol. The Morgan fingerprint density at radius 1 is 1.38 bits per heavy atom. The van der Waals surface area contributed by atoms with Crippen molar-refractivity contribution in [1.29, 1.82) is 0 Å². The molecule has 1 unspecified atom stereocenters. The van der Waals surface area contributed by atoms with E-state index in [9.17, 15) is 0 Å². The Morgan fingerprint density at radius 3 is 2.69 bits per heavy atom. The molecule has 13 heavy (non-hydrogen) atoms. The molecule has 0 rings (SSSR count). The van der Waals surface area contributed by atoms with E-state index in [-0.39, 0.29) is 0 Å². The molecule has 0 aliphatic rings. The largest absolute Gasteiger partial charge is 0.385 e. The molecule has 0 fully saturated rings. The molecule has 0 bridgehead atoms. The van der Waals surface area contributed by atoms with E-state index >= 15 is 0 Å². The van der Waals surface area contributed by atoms with E-state index in [1.54, 1.807) is 7.11 Å². The molecule has 0 aromatic carbocycles. The molecule has 2 heteroatoms. The second kappa shape index (κ2) is 9.57. The number of hydrogen-bond acceptors (Lipinski definition) is 2. The lowest BCUT2D eigenvalue weighted by molar-refractivity contribution is 0.188. The van der Waals surface area contributed by atoms with Crippen LogP contribution in [0.4, 0.5) is 0 Å². The molecule has 0 saturated carbocycles. The second-order valence-corrected chi connectivity index (χ2v) is 3.09. The zero-order valence-electron chi connectivity index (χ0n) is 9.02. The van der Waals surface area contributed by atoms with Crippen molar-refractivity contribution in [2.45, 2.75) is 38.6 Å². The highest BCUT2D eigenvalue weighted by Crippen LogP contribution is 2.03. The van der Waals surface area contributed by atoms with Crippen molar-refractivity contribution < 1.29 is 4.74 Å². The van der Waals surface area contributed by atoms with Gasteiger partial charge in [0.25, 0.3) is 0 Å². The van der Waals surface area contributed by atoms with Crippen LogP contribution < -0.4 is 5.32 Å². The third kappa shape index (κ3) is 7.83. The van der Waals surface area contributed by atoms with Gasteiger partial charge in [0.05, 0.1) is 0 Å².